The Balaban J connectivity index is 2.14. The first-order chi connectivity index (χ1) is 9.76. The van der Waals surface area contributed by atoms with E-state index in [0.717, 1.165) is 12.0 Å². The van der Waals surface area contributed by atoms with Gasteiger partial charge in [-0.15, -0.1) is 11.8 Å². The molecule has 0 fully saturated rings. The average Bonchev–Trinajstić information content (AvgIpc) is 2.47. The summed E-state index contributed by atoms with van der Waals surface area (Å²) >= 11 is 1.48. The van der Waals surface area contributed by atoms with E-state index in [-0.39, 0.29) is 5.97 Å². The first-order valence-electron chi connectivity index (χ1n) is 6.56. The van der Waals surface area contributed by atoms with E-state index in [1.54, 1.807) is 6.07 Å². The van der Waals surface area contributed by atoms with Crippen molar-refractivity contribution in [2.24, 2.45) is 0 Å². The molecule has 0 bridgehead atoms. The molecule has 0 radical (unpaired) electrons. The highest BCUT2D eigenvalue weighted by Crippen LogP contribution is 2.13. The summed E-state index contributed by atoms with van der Waals surface area (Å²) in [7, 11) is 0. The van der Waals surface area contributed by atoms with Crippen molar-refractivity contribution < 1.29 is 14.3 Å². The largest absolute Gasteiger partial charge is 0.463 e. The van der Waals surface area contributed by atoms with Gasteiger partial charge in [-0.3, -0.25) is 4.79 Å². The van der Waals surface area contributed by atoms with Gasteiger partial charge in [0.25, 0.3) is 0 Å². The third-order valence-electron chi connectivity index (χ3n) is 2.38. The molecule has 0 heterocycles. The van der Waals surface area contributed by atoms with E-state index in [0.29, 0.717) is 36.9 Å². The fraction of sp³-hybridized carbons (Fsp3) is 0.467. The Bertz CT molecular complexity index is 457. The molecule has 20 heavy (non-hydrogen) atoms. The SMILES string of the molecule is CCCOCCOC(=O)CSCc1cccc(C#N)c1. The Morgan fingerprint density at radius 1 is 1.35 bits per heavy atom. The van der Waals surface area contributed by atoms with Crippen molar-refractivity contribution in [1.82, 2.24) is 0 Å². The lowest BCUT2D eigenvalue weighted by molar-refractivity contribution is -0.141. The van der Waals surface area contributed by atoms with Gasteiger partial charge in [0.2, 0.25) is 0 Å². The van der Waals surface area contributed by atoms with Crippen LogP contribution >= 0.6 is 11.8 Å². The lowest BCUT2D eigenvalue weighted by Gasteiger charge is -2.05. The molecule has 1 rings (SSSR count). The van der Waals surface area contributed by atoms with Crippen LogP contribution < -0.4 is 0 Å². The molecule has 0 unspecified atom stereocenters. The summed E-state index contributed by atoms with van der Waals surface area (Å²) in [5.41, 5.74) is 1.67. The second-order valence-corrected chi connectivity index (χ2v) is 5.12. The highest BCUT2D eigenvalue weighted by Gasteiger charge is 2.03. The van der Waals surface area contributed by atoms with Crippen molar-refractivity contribution in [3.63, 3.8) is 0 Å². The smallest absolute Gasteiger partial charge is 0.315 e. The van der Waals surface area contributed by atoms with Gasteiger partial charge in [-0.1, -0.05) is 19.1 Å². The maximum Gasteiger partial charge on any atom is 0.315 e. The molecule has 0 saturated heterocycles. The number of hydrogen-bond donors (Lipinski definition) is 0. The number of hydrogen-bond acceptors (Lipinski definition) is 5. The highest BCUT2D eigenvalue weighted by molar-refractivity contribution is 7.99. The van der Waals surface area contributed by atoms with Crippen LogP contribution in [0.15, 0.2) is 24.3 Å². The van der Waals surface area contributed by atoms with Gasteiger partial charge >= 0.3 is 5.97 Å². The number of esters is 1. The molecule has 1 aromatic rings. The zero-order chi connectivity index (χ0) is 14.6. The van der Waals surface area contributed by atoms with Crippen molar-refractivity contribution >= 4 is 17.7 Å². The lowest BCUT2D eigenvalue weighted by atomic mass is 10.2. The summed E-state index contributed by atoms with van der Waals surface area (Å²) in [6, 6.07) is 9.48. The predicted octanol–water partition coefficient (Wildman–Crippen LogP) is 2.76. The van der Waals surface area contributed by atoms with E-state index in [1.807, 2.05) is 25.1 Å². The molecular formula is C15H19NO3S. The number of thioether (sulfide) groups is 1. The van der Waals surface area contributed by atoms with Crippen LogP contribution in [-0.2, 0) is 20.0 Å². The molecule has 0 saturated carbocycles. The van der Waals surface area contributed by atoms with Crippen LogP contribution in [0.2, 0.25) is 0 Å². The summed E-state index contributed by atoms with van der Waals surface area (Å²) in [5, 5.41) is 8.79. The molecule has 0 aliphatic carbocycles. The molecule has 5 heteroatoms. The standard InChI is InChI=1S/C15H19NO3S/c1-2-6-18-7-8-19-15(17)12-20-11-14-5-3-4-13(9-14)10-16/h3-5,9H,2,6-8,11-12H2,1H3. The van der Waals surface area contributed by atoms with Crippen LogP contribution in [0.25, 0.3) is 0 Å². The van der Waals surface area contributed by atoms with Gasteiger partial charge in [0, 0.05) is 12.4 Å². The summed E-state index contributed by atoms with van der Waals surface area (Å²) in [6.07, 6.45) is 0.964. The van der Waals surface area contributed by atoms with E-state index in [4.69, 9.17) is 14.7 Å². The average molecular weight is 293 g/mol. The molecule has 0 aromatic heterocycles. The maximum atomic E-state index is 11.4. The molecule has 0 N–H and O–H groups in total. The monoisotopic (exact) mass is 293 g/mol. The third-order valence-corrected chi connectivity index (χ3v) is 3.36. The van der Waals surface area contributed by atoms with E-state index >= 15 is 0 Å². The van der Waals surface area contributed by atoms with Gasteiger partial charge in [-0.2, -0.15) is 5.26 Å². The lowest BCUT2D eigenvalue weighted by Crippen LogP contribution is -2.12. The Morgan fingerprint density at radius 2 is 2.20 bits per heavy atom. The van der Waals surface area contributed by atoms with Gasteiger partial charge in [-0.05, 0) is 24.1 Å². The van der Waals surface area contributed by atoms with Gasteiger partial charge in [0.15, 0.2) is 0 Å². The van der Waals surface area contributed by atoms with Crippen LogP contribution in [-0.4, -0.2) is 31.5 Å². The Hall–Kier alpha value is -1.51. The van der Waals surface area contributed by atoms with Crippen molar-refractivity contribution in [2.75, 3.05) is 25.6 Å². The van der Waals surface area contributed by atoms with Crippen molar-refractivity contribution in [1.29, 1.82) is 5.26 Å². The van der Waals surface area contributed by atoms with E-state index in [1.165, 1.54) is 11.8 Å². The van der Waals surface area contributed by atoms with Gasteiger partial charge < -0.3 is 9.47 Å². The van der Waals surface area contributed by atoms with Crippen LogP contribution in [0.3, 0.4) is 0 Å². The number of benzene rings is 1. The Morgan fingerprint density at radius 3 is 2.95 bits per heavy atom. The minimum Gasteiger partial charge on any atom is -0.463 e. The summed E-state index contributed by atoms with van der Waals surface area (Å²) < 4.78 is 10.3. The van der Waals surface area contributed by atoms with E-state index in [9.17, 15) is 4.79 Å². The minimum absolute atomic E-state index is 0.230. The fourth-order valence-corrected chi connectivity index (χ4v) is 2.25. The molecule has 4 nitrogen and oxygen atoms in total. The van der Waals surface area contributed by atoms with Crippen molar-refractivity contribution in [3.8, 4) is 6.07 Å². The Kier molecular flexibility index (Phi) is 8.52. The Labute approximate surface area is 124 Å². The molecule has 0 amide bonds. The van der Waals surface area contributed by atoms with Gasteiger partial charge in [0.05, 0.1) is 24.0 Å². The molecular weight excluding hydrogens is 274 g/mol. The number of rotatable bonds is 9. The summed E-state index contributed by atoms with van der Waals surface area (Å²) in [4.78, 5) is 11.4. The van der Waals surface area contributed by atoms with E-state index < -0.39 is 0 Å². The molecule has 0 spiro atoms. The number of ether oxygens (including phenoxy) is 2. The first-order valence-corrected chi connectivity index (χ1v) is 7.72. The van der Waals surface area contributed by atoms with E-state index in [2.05, 4.69) is 6.07 Å². The van der Waals surface area contributed by atoms with Crippen LogP contribution in [0.1, 0.15) is 24.5 Å². The number of nitriles is 1. The van der Waals surface area contributed by atoms with Crippen molar-refractivity contribution in [2.45, 2.75) is 19.1 Å². The summed E-state index contributed by atoms with van der Waals surface area (Å²) in [5.74, 6) is 0.771. The van der Waals surface area contributed by atoms with Gasteiger partial charge in [-0.25, -0.2) is 0 Å². The predicted molar refractivity (Wildman–Crippen MR) is 79.4 cm³/mol. The quantitative estimate of drug-likeness (QED) is 0.517. The minimum atomic E-state index is -0.230. The van der Waals surface area contributed by atoms with Crippen LogP contribution in [0, 0.1) is 11.3 Å². The molecule has 0 aliphatic rings. The second kappa shape index (κ2) is 10.3. The summed E-state index contributed by atoms with van der Waals surface area (Å²) in [6.45, 7) is 3.49. The zero-order valence-corrected chi connectivity index (χ0v) is 12.4. The number of nitrogens with zero attached hydrogens (tertiary/aromatic N) is 1. The third kappa shape index (κ3) is 7.17. The molecule has 108 valence electrons. The second-order valence-electron chi connectivity index (χ2n) is 4.14. The molecule has 1 aromatic carbocycles. The first kappa shape index (κ1) is 16.5. The van der Waals surface area contributed by atoms with Crippen LogP contribution in [0.4, 0.5) is 0 Å². The number of carbonyl (C=O) groups excluding carboxylic acids is 1. The fourth-order valence-electron chi connectivity index (χ4n) is 1.49. The maximum absolute atomic E-state index is 11.4. The molecule has 0 aliphatic heterocycles. The normalized spacial score (nSPS) is 10.0. The zero-order valence-electron chi connectivity index (χ0n) is 11.6. The van der Waals surface area contributed by atoms with Crippen molar-refractivity contribution in [3.05, 3.63) is 35.4 Å². The highest BCUT2D eigenvalue weighted by atomic mass is 32.2. The topological polar surface area (TPSA) is 59.3 Å². The van der Waals surface area contributed by atoms with Crippen LogP contribution in [0.5, 0.6) is 0 Å². The number of carbonyl (C=O) groups is 1. The van der Waals surface area contributed by atoms with Gasteiger partial charge in [0.1, 0.15) is 6.61 Å². The molecule has 0 atom stereocenters.